The summed E-state index contributed by atoms with van der Waals surface area (Å²) in [5.41, 5.74) is 1.37. The van der Waals surface area contributed by atoms with Crippen molar-refractivity contribution in [1.29, 1.82) is 0 Å². The Morgan fingerprint density at radius 3 is 2.32 bits per heavy atom. The highest BCUT2D eigenvalue weighted by Gasteiger charge is 2.01. The van der Waals surface area contributed by atoms with Crippen LogP contribution in [0.25, 0.3) is 0 Å². The Bertz CT molecular complexity index is 332. The Labute approximate surface area is 118 Å². The third-order valence-electron chi connectivity index (χ3n) is 3.40. The average Bonchev–Trinajstić information content (AvgIpc) is 2.39. The number of ether oxygens (including phenoxy) is 1. The van der Waals surface area contributed by atoms with E-state index in [0.29, 0.717) is 12.0 Å². The zero-order valence-electron chi connectivity index (χ0n) is 12.9. The van der Waals surface area contributed by atoms with Crippen molar-refractivity contribution in [3.63, 3.8) is 0 Å². The molecule has 1 atom stereocenters. The van der Waals surface area contributed by atoms with E-state index in [1.807, 2.05) is 0 Å². The Morgan fingerprint density at radius 2 is 1.74 bits per heavy atom. The second kappa shape index (κ2) is 8.98. The highest BCUT2D eigenvalue weighted by molar-refractivity contribution is 5.28. The third-order valence-corrected chi connectivity index (χ3v) is 3.40. The van der Waals surface area contributed by atoms with E-state index >= 15 is 0 Å². The van der Waals surface area contributed by atoms with Gasteiger partial charge in [-0.3, -0.25) is 0 Å². The van der Waals surface area contributed by atoms with Crippen molar-refractivity contribution in [3.8, 4) is 5.75 Å². The summed E-state index contributed by atoms with van der Waals surface area (Å²) < 4.78 is 5.76. The summed E-state index contributed by atoms with van der Waals surface area (Å²) in [5.74, 6) is 1.57. The van der Waals surface area contributed by atoms with Crippen LogP contribution in [-0.2, 0) is 0 Å². The van der Waals surface area contributed by atoms with Gasteiger partial charge in [-0.05, 0) is 56.3 Å². The van der Waals surface area contributed by atoms with Crippen LogP contribution < -0.4 is 10.1 Å². The molecule has 0 heterocycles. The number of hydrogen-bond acceptors (Lipinski definition) is 2. The second-order valence-corrected chi connectivity index (χ2v) is 5.53. The van der Waals surface area contributed by atoms with Gasteiger partial charge in [0.25, 0.3) is 0 Å². The molecule has 2 nitrogen and oxygen atoms in total. The second-order valence-electron chi connectivity index (χ2n) is 5.53. The number of benzene rings is 1. The predicted molar refractivity (Wildman–Crippen MR) is 83.0 cm³/mol. The van der Waals surface area contributed by atoms with Crippen LogP contribution in [0.2, 0.25) is 0 Å². The molecule has 19 heavy (non-hydrogen) atoms. The van der Waals surface area contributed by atoms with Crippen molar-refractivity contribution >= 4 is 0 Å². The maximum Gasteiger partial charge on any atom is 0.119 e. The summed E-state index contributed by atoms with van der Waals surface area (Å²) in [6.45, 7) is 10.7. The van der Waals surface area contributed by atoms with E-state index in [0.717, 1.165) is 25.3 Å². The lowest BCUT2D eigenvalue weighted by molar-refractivity contribution is 0.301. The lowest BCUT2D eigenvalue weighted by atomic mass is 10.0. The van der Waals surface area contributed by atoms with E-state index in [9.17, 15) is 0 Å². The van der Waals surface area contributed by atoms with E-state index in [-0.39, 0.29) is 0 Å². The van der Waals surface area contributed by atoms with E-state index in [1.54, 1.807) is 0 Å². The fraction of sp³-hybridized carbons (Fsp3) is 0.647. The molecule has 0 aliphatic heterocycles. The van der Waals surface area contributed by atoms with Gasteiger partial charge in [0, 0.05) is 6.04 Å². The molecule has 1 unspecified atom stereocenters. The SMILES string of the molecule is CCNC(C)CCCCOc1ccc(C(C)C)cc1. The zero-order chi connectivity index (χ0) is 14.1. The Kier molecular flexibility index (Phi) is 7.57. The van der Waals surface area contributed by atoms with Crippen LogP contribution in [0, 0.1) is 0 Å². The van der Waals surface area contributed by atoms with Gasteiger partial charge in [0.1, 0.15) is 5.75 Å². The van der Waals surface area contributed by atoms with Crippen molar-refractivity contribution in [2.75, 3.05) is 13.2 Å². The molecule has 0 saturated heterocycles. The smallest absolute Gasteiger partial charge is 0.119 e. The first kappa shape index (κ1) is 16.0. The van der Waals surface area contributed by atoms with Gasteiger partial charge in [-0.2, -0.15) is 0 Å². The van der Waals surface area contributed by atoms with Crippen LogP contribution in [0.4, 0.5) is 0 Å². The summed E-state index contributed by atoms with van der Waals surface area (Å²) in [7, 11) is 0. The van der Waals surface area contributed by atoms with Crippen molar-refractivity contribution < 1.29 is 4.74 Å². The molecular formula is C17H29NO. The molecule has 0 aliphatic rings. The van der Waals surface area contributed by atoms with Crippen LogP contribution in [0.15, 0.2) is 24.3 Å². The van der Waals surface area contributed by atoms with Crippen molar-refractivity contribution in [2.24, 2.45) is 0 Å². The molecule has 0 aromatic heterocycles. The summed E-state index contributed by atoms with van der Waals surface area (Å²) >= 11 is 0. The minimum absolute atomic E-state index is 0.585. The summed E-state index contributed by atoms with van der Waals surface area (Å²) in [6.07, 6.45) is 3.57. The van der Waals surface area contributed by atoms with Crippen LogP contribution in [0.1, 0.15) is 58.4 Å². The highest BCUT2D eigenvalue weighted by Crippen LogP contribution is 2.18. The molecule has 1 aromatic carbocycles. The molecule has 1 aromatic rings. The maximum absolute atomic E-state index is 5.76. The molecule has 1 N–H and O–H groups in total. The number of unbranched alkanes of at least 4 members (excludes halogenated alkanes) is 1. The molecule has 1 rings (SSSR count). The molecule has 2 heteroatoms. The van der Waals surface area contributed by atoms with Crippen LogP contribution in [0.5, 0.6) is 5.75 Å². The summed E-state index contributed by atoms with van der Waals surface area (Å²) in [6, 6.07) is 9.10. The number of nitrogens with one attached hydrogen (secondary N) is 1. The molecule has 0 spiro atoms. The highest BCUT2D eigenvalue weighted by atomic mass is 16.5. The van der Waals surface area contributed by atoms with Gasteiger partial charge in [0.2, 0.25) is 0 Å². The standard InChI is InChI=1S/C17H29NO/c1-5-18-15(4)8-6-7-13-19-17-11-9-16(10-12-17)14(2)3/h9-12,14-15,18H,5-8,13H2,1-4H3. The first-order valence-corrected chi connectivity index (χ1v) is 7.59. The summed E-state index contributed by atoms with van der Waals surface area (Å²) in [5, 5.41) is 3.43. The van der Waals surface area contributed by atoms with Crippen LogP contribution >= 0.6 is 0 Å². The Balaban J connectivity index is 2.15. The molecule has 0 radical (unpaired) electrons. The molecule has 0 fully saturated rings. The van der Waals surface area contributed by atoms with Gasteiger partial charge < -0.3 is 10.1 Å². The van der Waals surface area contributed by atoms with Gasteiger partial charge >= 0.3 is 0 Å². The number of hydrogen-bond donors (Lipinski definition) is 1. The largest absolute Gasteiger partial charge is 0.494 e. The third kappa shape index (κ3) is 6.63. The molecular weight excluding hydrogens is 234 g/mol. The van der Waals surface area contributed by atoms with E-state index in [2.05, 4.69) is 57.3 Å². The molecule has 0 aliphatic carbocycles. The fourth-order valence-electron chi connectivity index (χ4n) is 2.14. The molecule has 0 amide bonds. The normalized spacial score (nSPS) is 12.7. The van der Waals surface area contributed by atoms with Crippen LogP contribution in [0.3, 0.4) is 0 Å². The zero-order valence-corrected chi connectivity index (χ0v) is 12.9. The first-order valence-electron chi connectivity index (χ1n) is 7.59. The fourth-order valence-corrected chi connectivity index (χ4v) is 2.14. The van der Waals surface area contributed by atoms with Gasteiger partial charge in [-0.25, -0.2) is 0 Å². The topological polar surface area (TPSA) is 21.3 Å². The lowest BCUT2D eigenvalue weighted by Gasteiger charge is -2.12. The monoisotopic (exact) mass is 263 g/mol. The Morgan fingerprint density at radius 1 is 1.05 bits per heavy atom. The van der Waals surface area contributed by atoms with E-state index < -0.39 is 0 Å². The van der Waals surface area contributed by atoms with Gasteiger partial charge in [0.05, 0.1) is 6.61 Å². The van der Waals surface area contributed by atoms with Gasteiger partial charge in [0.15, 0.2) is 0 Å². The molecule has 0 saturated carbocycles. The van der Waals surface area contributed by atoms with Gasteiger partial charge in [-0.1, -0.05) is 32.9 Å². The average molecular weight is 263 g/mol. The lowest BCUT2D eigenvalue weighted by Crippen LogP contribution is -2.25. The summed E-state index contributed by atoms with van der Waals surface area (Å²) in [4.78, 5) is 0. The molecule has 108 valence electrons. The number of rotatable bonds is 9. The first-order chi connectivity index (χ1) is 9.13. The van der Waals surface area contributed by atoms with Crippen molar-refractivity contribution in [2.45, 2.75) is 58.9 Å². The minimum atomic E-state index is 0.585. The van der Waals surface area contributed by atoms with Crippen molar-refractivity contribution in [3.05, 3.63) is 29.8 Å². The van der Waals surface area contributed by atoms with Crippen molar-refractivity contribution in [1.82, 2.24) is 5.32 Å². The Hall–Kier alpha value is -1.02. The maximum atomic E-state index is 5.76. The minimum Gasteiger partial charge on any atom is -0.494 e. The van der Waals surface area contributed by atoms with E-state index in [4.69, 9.17) is 4.74 Å². The quantitative estimate of drug-likeness (QED) is 0.668. The van der Waals surface area contributed by atoms with E-state index in [1.165, 1.54) is 18.4 Å². The molecule has 0 bridgehead atoms. The van der Waals surface area contributed by atoms with Crippen LogP contribution in [-0.4, -0.2) is 19.2 Å². The predicted octanol–water partition coefficient (Wildman–Crippen LogP) is 4.36. The van der Waals surface area contributed by atoms with Gasteiger partial charge in [-0.15, -0.1) is 0 Å².